The number of hydrogen-bond acceptors (Lipinski definition) is 7. The smallest absolute Gasteiger partial charge is 0.255 e. The number of rotatable bonds is 7. The fraction of sp³-hybridized carbons (Fsp3) is 0.250. The Morgan fingerprint density at radius 3 is 2.88 bits per heavy atom. The third-order valence-corrected chi connectivity index (χ3v) is 7.22. The van der Waals surface area contributed by atoms with E-state index in [-0.39, 0.29) is 17.4 Å². The van der Waals surface area contributed by atoms with Crippen molar-refractivity contribution in [2.75, 3.05) is 13.1 Å². The molecule has 0 aliphatic carbocycles. The highest BCUT2D eigenvalue weighted by molar-refractivity contribution is 6.31. The highest BCUT2D eigenvalue weighted by atomic mass is 35.5. The molecule has 2 N–H and O–H groups in total. The van der Waals surface area contributed by atoms with Gasteiger partial charge in [-0.25, -0.2) is 9.97 Å². The first-order chi connectivity index (χ1) is 19.4. The van der Waals surface area contributed by atoms with Gasteiger partial charge in [-0.05, 0) is 37.3 Å². The molecule has 1 aliphatic rings. The van der Waals surface area contributed by atoms with Crippen LogP contribution >= 0.6 is 11.6 Å². The van der Waals surface area contributed by atoms with Gasteiger partial charge in [-0.2, -0.15) is 10.4 Å². The van der Waals surface area contributed by atoms with Crippen LogP contribution in [0.4, 0.5) is 0 Å². The average Bonchev–Trinajstić information content (AvgIpc) is 3.52. The third-order valence-electron chi connectivity index (χ3n) is 6.98. The summed E-state index contributed by atoms with van der Waals surface area (Å²) >= 11 is 6.32. The van der Waals surface area contributed by atoms with Gasteiger partial charge in [-0.1, -0.05) is 17.7 Å². The molecule has 1 aromatic carbocycles. The van der Waals surface area contributed by atoms with Crippen molar-refractivity contribution in [2.45, 2.75) is 25.9 Å². The molecule has 5 heterocycles. The van der Waals surface area contributed by atoms with Crippen molar-refractivity contribution in [1.82, 2.24) is 39.9 Å². The van der Waals surface area contributed by atoms with Crippen LogP contribution in [0.15, 0.2) is 55.0 Å². The van der Waals surface area contributed by atoms with Crippen molar-refractivity contribution in [3.05, 3.63) is 71.3 Å². The number of nitrogens with one attached hydrogen (secondary N) is 2. The van der Waals surface area contributed by atoms with E-state index in [0.29, 0.717) is 53.6 Å². The molecule has 4 aromatic heterocycles. The van der Waals surface area contributed by atoms with Gasteiger partial charge in [-0.15, -0.1) is 0 Å². The van der Waals surface area contributed by atoms with Gasteiger partial charge in [0.15, 0.2) is 5.65 Å². The van der Waals surface area contributed by atoms with Gasteiger partial charge < -0.3 is 15.2 Å². The number of aryl methyl sites for hydroxylation is 2. The Morgan fingerprint density at radius 2 is 2.10 bits per heavy atom. The molecule has 0 radical (unpaired) electrons. The summed E-state index contributed by atoms with van der Waals surface area (Å²) in [6.45, 7) is 2.97. The molecule has 6 rings (SSSR count). The van der Waals surface area contributed by atoms with Gasteiger partial charge in [0.25, 0.3) is 5.91 Å². The van der Waals surface area contributed by atoms with Gasteiger partial charge in [0.05, 0.1) is 29.3 Å². The lowest BCUT2D eigenvalue weighted by molar-refractivity contribution is -0.137. The molecule has 0 spiro atoms. The first-order valence-electron chi connectivity index (χ1n) is 12.8. The van der Waals surface area contributed by atoms with Gasteiger partial charge in [-0.3, -0.25) is 19.3 Å². The molecule has 2 amide bonds. The van der Waals surface area contributed by atoms with E-state index in [2.05, 4.69) is 26.3 Å². The van der Waals surface area contributed by atoms with E-state index >= 15 is 0 Å². The van der Waals surface area contributed by atoms with Crippen molar-refractivity contribution in [2.24, 2.45) is 5.92 Å². The van der Waals surface area contributed by atoms with Crippen LogP contribution in [0.3, 0.4) is 0 Å². The molecule has 1 atom stereocenters. The second-order valence-electron chi connectivity index (χ2n) is 9.72. The zero-order valence-corrected chi connectivity index (χ0v) is 22.3. The van der Waals surface area contributed by atoms with Crippen molar-refractivity contribution in [1.29, 1.82) is 5.26 Å². The topological polar surface area (TPSA) is 145 Å². The van der Waals surface area contributed by atoms with Crippen molar-refractivity contribution in [3.63, 3.8) is 0 Å². The van der Waals surface area contributed by atoms with Crippen LogP contribution in [0.2, 0.25) is 5.02 Å². The molecule has 11 nitrogen and oxygen atoms in total. The summed E-state index contributed by atoms with van der Waals surface area (Å²) in [7, 11) is 0. The van der Waals surface area contributed by atoms with E-state index in [4.69, 9.17) is 26.9 Å². The Bertz CT molecular complexity index is 1780. The van der Waals surface area contributed by atoms with Gasteiger partial charge in [0, 0.05) is 54.6 Å². The molecule has 200 valence electrons. The van der Waals surface area contributed by atoms with Crippen LogP contribution in [-0.4, -0.2) is 65.6 Å². The summed E-state index contributed by atoms with van der Waals surface area (Å²) in [4.78, 5) is 44.0. The van der Waals surface area contributed by atoms with E-state index in [1.165, 1.54) is 6.20 Å². The number of aromatic nitrogens is 6. The first kappa shape index (κ1) is 25.5. The lowest BCUT2D eigenvalue weighted by Crippen LogP contribution is -2.55. The minimum atomic E-state index is -0.753. The number of amides is 2. The molecule has 12 heteroatoms. The zero-order valence-electron chi connectivity index (χ0n) is 21.5. The van der Waals surface area contributed by atoms with E-state index in [1.54, 1.807) is 30.3 Å². The fourth-order valence-corrected chi connectivity index (χ4v) is 4.97. The Kier molecular flexibility index (Phi) is 6.61. The summed E-state index contributed by atoms with van der Waals surface area (Å²) in [5.74, 6) is -0.832. The Labute approximate surface area is 233 Å². The monoisotopic (exact) mass is 553 g/mol. The highest BCUT2D eigenvalue weighted by Gasteiger charge is 2.33. The molecule has 0 saturated carbocycles. The highest BCUT2D eigenvalue weighted by Crippen LogP contribution is 2.30. The summed E-state index contributed by atoms with van der Waals surface area (Å²) in [5, 5.41) is 18.0. The second kappa shape index (κ2) is 10.4. The molecule has 1 unspecified atom stereocenters. The number of carbonyl (C=O) groups excluding carboxylic acids is 2. The van der Waals surface area contributed by atoms with E-state index in [1.807, 2.05) is 35.0 Å². The van der Waals surface area contributed by atoms with E-state index < -0.39 is 11.9 Å². The normalized spacial score (nSPS) is 14.2. The fourth-order valence-electron chi connectivity index (χ4n) is 4.80. The summed E-state index contributed by atoms with van der Waals surface area (Å²) in [6.07, 6.45) is 5.59. The van der Waals surface area contributed by atoms with Crippen LogP contribution in [0.25, 0.3) is 33.5 Å². The van der Waals surface area contributed by atoms with Crippen molar-refractivity contribution < 1.29 is 9.59 Å². The number of carbonyl (C=O) groups is 2. The molecule has 1 fully saturated rings. The van der Waals surface area contributed by atoms with Gasteiger partial charge in [0.1, 0.15) is 22.9 Å². The maximum Gasteiger partial charge on any atom is 0.255 e. The standard InChI is InChI=1S/C28H24ClN9O2/c1-16(28(40)37-14-17(11-30)15-37)34-27(39)21-12-32-26-25(21)35-22(13-33-26)24-20-6-5-18(29)10-23(20)38(36-24)9-7-19-4-2-3-8-31-19/h2-6,8,10,12-13,16-17H,7,9,14-15H2,1H3,(H,32,33)(H,34,39). The number of likely N-dealkylation sites (tertiary alicyclic amines) is 1. The second-order valence-corrected chi connectivity index (χ2v) is 10.2. The van der Waals surface area contributed by atoms with E-state index in [9.17, 15) is 9.59 Å². The molecule has 0 bridgehead atoms. The van der Waals surface area contributed by atoms with Crippen LogP contribution in [0.5, 0.6) is 0 Å². The van der Waals surface area contributed by atoms with Crippen LogP contribution < -0.4 is 5.32 Å². The summed E-state index contributed by atoms with van der Waals surface area (Å²) < 4.78 is 1.88. The minimum Gasteiger partial charge on any atom is -0.344 e. The van der Waals surface area contributed by atoms with Crippen molar-refractivity contribution >= 4 is 45.5 Å². The molecule has 5 aromatic rings. The SMILES string of the molecule is CC(NC(=O)c1c[nH]c2ncc(-c3nn(CCc4ccccn4)c4cc(Cl)ccc34)nc12)C(=O)N1CC(C#N)C1. The molecular weight excluding hydrogens is 530 g/mol. The predicted molar refractivity (Wildman–Crippen MR) is 148 cm³/mol. The lowest BCUT2D eigenvalue weighted by atomic mass is 10.0. The predicted octanol–water partition coefficient (Wildman–Crippen LogP) is 3.37. The number of nitriles is 1. The largest absolute Gasteiger partial charge is 0.344 e. The number of nitrogens with zero attached hydrogens (tertiary/aromatic N) is 7. The number of benzene rings is 1. The summed E-state index contributed by atoms with van der Waals surface area (Å²) in [6, 6.07) is 12.7. The van der Waals surface area contributed by atoms with Gasteiger partial charge >= 0.3 is 0 Å². The number of hydrogen-bond donors (Lipinski definition) is 2. The Balaban J connectivity index is 1.28. The van der Waals surface area contributed by atoms with Crippen LogP contribution in [-0.2, 0) is 17.8 Å². The molecule has 1 aliphatic heterocycles. The minimum absolute atomic E-state index is 0.153. The zero-order chi connectivity index (χ0) is 27.8. The molecule has 1 saturated heterocycles. The Morgan fingerprint density at radius 1 is 1.25 bits per heavy atom. The van der Waals surface area contributed by atoms with Gasteiger partial charge in [0.2, 0.25) is 5.91 Å². The number of fused-ring (bicyclic) bond motifs is 2. The molecule has 40 heavy (non-hydrogen) atoms. The van der Waals surface area contributed by atoms with Crippen LogP contribution in [0.1, 0.15) is 23.0 Å². The third kappa shape index (κ3) is 4.74. The number of aromatic amines is 1. The maximum atomic E-state index is 13.1. The lowest BCUT2D eigenvalue weighted by Gasteiger charge is -2.37. The quantitative estimate of drug-likeness (QED) is 0.314. The molecular formula is C28H24ClN9O2. The van der Waals surface area contributed by atoms with Crippen LogP contribution in [0, 0.1) is 17.2 Å². The van der Waals surface area contributed by atoms with Crippen molar-refractivity contribution in [3.8, 4) is 17.5 Å². The number of H-pyrrole nitrogens is 1. The maximum absolute atomic E-state index is 13.1. The first-order valence-corrected chi connectivity index (χ1v) is 13.2. The average molecular weight is 554 g/mol. The number of halogens is 1. The number of pyridine rings is 1. The summed E-state index contributed by atoms with van der Waals surface area (Å²) in [5.41, 5.74) is 3.99. The van der Waals surface area contributed by atoms with E-state index in [0.717, 1.165) is 16.6 Å². The Hall–Kier alpha value is -4.82.